The fourth-order valence-electron chi connectivity index (χ4n) is 2.24. The molecule has 1 atom stereocenters. The molecule has 1 aromatic carbocycles. The van der Waals surface area contributed by atoms with Crippen LogP contribution in [0, 0.1) is 5.92 Å². The first-order valence-electron chi connectivity index (χ1n) is 6.69. The molecule has 1 aliphatic rings. The van der Waals surface area contributed by atoms with Gasteiger partial charge in [0.15, 0.2) is 0 Å². The maximum absolute atomic E-state index is 5.90. The molecule has 94 valence electrons. The molecule has 2 heteroatoms. The van der Waals surface area contributed by atoms with Gasteiger partial charge in [-0.1, -0.05) is 26.0 Å². The molecule has 1 unspecified atom stereocenters. The van der Waals surface area contributed by atoms with Crippen LogP contribution in [0.4, 0.5) is 0 Å². The number of nitrogens with one attached hydrogen (secondary N) is 1. The molecular weight excluding hydrogens is 210 g/mol. The van der Waals surface area contributed by atoms with Crippen LogP contribution in [0.25, 0.3) is 0 Å². The third kappa shape index (κ3) is 3.74. The Kier molecular flexibility index (Phi) is 4.43. The van der Waals surface area contributed by atoms with E-state index < -0.39 is 0 Å². The highest BCUT2D eigenvalue weighted by molar-refractivity contribution is 5.30. The lowest BCUT2D eigenvalue weighted by Gasteiger charge is -2.23. The van der Waals surface area contributed by atoms with Gasteiger partial charge < -0.3 is 10.1 Å². The summed E-state index contributed by atoms with van der Waals surface area (Å²) in [5.74, 6) is 2.25. The van der Waals surface area contributed by atoms with Crippen LogP contribution in [0.5, 0.6) is 5.75 Å². The molecule has 1 aromatic rings. The average Bonchev–Trinajstić information content (AvgIpc) is 2.38. The molecule has 17 heavy (non-hydrogen) atoms. The second kappa shape index (κ2) is 6.06. The molecule has 1 heterocycles. The van der Waals surface area contributed by atoms with Crippen molar-refractivity contribution in [2.24, 2.45) is 5.92 Å². The first kappa shape index (κ1) is 12.4. The summed E-state index contributed by atoms with van der Waals surface area (Å²) in [4.78, 5) is 0. The van der Waals surface area contributed by atoms with Crippen LogP contribution >= 0.6 is 0 Å². The van der Waals surface area contributed by atoms with E-state index in [1.807, 2.05) is 0 Å². The van der Waals surface area contributed by atoms with Crippen molar-refractivity contribution in [3.8, 4) is 5.75 Å². The van der Waals surface area contributed by atoms with Crippen LogP contribution in [0.3, 0.4) is 0 Å². The molecule has 0 radical (unpaired) electrons. The van der Waals surface area contributed by atoms with Crippen molar-refractivity contribution in [2.45, 2.75) is 32.6 Å². The molecule has 2 nitrogen and oxygen atoms in total. The minimum Gasteiger partial charge on any atom is -0.493 e. The zero-order valence-corrected chi connectivity index (χ0v) is 10.9. The van der Waals surface area contributed by atoms with E-state index in [9.17, 15) is 0 Å². The highest BCUT2D eigenvalue weighted by atomic mass is 16.5. The molecule has 0 amide bonds. The second-order valence-corrected chi connectivity index (χ2v) is 5.25. The number of piperidine rings is 1. The minimum atomic E-state index is 0.565. The van der Waals surface area contributed by atoms with Crippen molar-refractivity contribution in [3.05, 3.63) is 29.8 Å². The van der Waals surface area contributed by atoms with E-state index in [2.05, 4.69) is 43.4 Å². The van der Waals surface area contributed by atoms with Gasteiger partial charge in [0.1, 0.15) is 5.75 Å². The lowest BCUT2D eigenvalue weighted by Crippen LogP contribution is -2.33. The van der Waals surface area contributed by atoms with Gasteiger partial charge in [0, 0.05) is 12.5 Å². The SMILES string of the molecule is CC(C)c1cccc(OCC2CCCNC2)c1. The van der Waals surface area contributed by atoms with Gasteiger partial charge in [0.25, 0.3) is 0 Å². The van der Waals surface area contributed by atoms with Gasteiger partial charge in [0.2, 0.25) is 0 Å². The van der Waals surface area contributed by atoms with E-state index in [1.54, 1.807) is 0 Å². The Morgan fingerprint density at radius 3 is 3.00 bits per heavy atom. The van der Waals surface area contributed by atoms with E-state index in [1.165, 1.54) is 24.9 Å². The monoisotopic (exact) mass is 233 g/mol. The Morgan fingerprint density at radius 2 is 2.29 bits per heavy atom. The van der Waals surface area contributed by atoms with Crippen LogP contribution in [0.1, 0.15) is 38.2 Å². The number of hydrogen-bond donors (Lipinski definition) is 1. The van der Waals surface area contributed by atoms with Gasteiger partial charge in [-0.3, -0.25) is 0 Å². The Bertz CT molecular complexity index is 343. The fourth-order valence-corrected chi connectivity index (χ4v) is 2.24. The Morgan fingerprint density at radius 1 is 1.41 bits per heavy atom. The molecule has 2 rings (SSSR count). The summed E-state index contributed by atoms with van der Waals surface area (Å²) in [6, 6.07) is 8.48. The van der Waals surface area contributed by atoms with Crippen molar-refractivity contribution in [1.29, 1.82) is 0 Å². The molecule has 0 spiro atoms. The predicted molar refractivity (Wildman–Crippen MR) is 71.6 cm³/mol. The van der Waals surface area contributed by atoms with Crippen molar-refractivity contribution in [3.63, 3.8) is 0 Å². The van der Waals surface area contributed by atoms with Crippen molar-refractivity contribution < 1.29 is 4.74 Å². The molecule has 1 N–H and O–H groups in total. The van der Waals surface area contributed by atoms with E-state index in [4.69, 9.17) is 4.74 Å². The topological polar surface area (TPSA) is 21.3 Å². The first-order chi connectivity index (χ1) is 8.25. The molecule has 1 fully saturated rings. The van der Waals surface area contributed by atoms with E-state index in [0.29, 0.717) is 11.8 Å². The highest BCUT2D eigenvalue weighted by Crippen LogP contribution is 2.21. The predicted octanol–water partition coefficient (Wildman–Crippen LogP) is 3.19. The fraction of sp³-hybridized carbons (Fsp3) is 0.600. The molecule has 0 saturated carbocycles. The van der Waals surface area contributed by atoms with E-state index in [0.717, 1.165) is 18.9 Å². The molecule has 1 aliphatic heterocycles. The van der Waals surface area contributed by atoms with Crippen LogP contribution in [-0.2, 0) is 0 Å². The van der Waals surface area contributed by atoms with Gasteiger partial charge in [-0.05, 0) is 43.0 Å². The highest BCUT2D eigenvalue weighted by Gasteiger charge is 2.13. The Hall–Kier alpha value is -1.02. The van der Waals surface area contributed by atoms with E-state index in [-0.39, 0.29) is 0 Å². The number of benzene rings is 1. The van der Waals surface area contributed by atoms with Crippen molar-refractivity contribution in [1.82, 2.24) is 5.32 Å². The maximum atomic E-state index is 5.90. The smallest absolute Gasteiger partial charge is 0.119 e. The lowest BCUT2D eigenvalue weighted by molar-refractivity contribution is 0.218. The molecule has 1 saturated heterocycles. The van der Waals surface area contributed by atoms with Gasteiger partial charge in [-0.2, -0.15) is 0 Å². The minimum absolute atomic E-state index is 0.565. The van der Waals surface area contributed by atoms with Gasteiger partial charge in [-0.25, -0.2) is 0 Å². The molecular formula is C15H23NO. The number of hydrogen-bond acceptors (Lipinski definition) is 2. The van der Waals surface area contributed by atoms with Crippen LogP contribution in [-0.4, -0.2) is 19.7 Å². The van der Waals surface area contributed by atoms with Crippen molar-refractivity contribution in [2.75, 3.05) is 19.7 Å². The average molecular weight is 233 g/mol. The summed E-state index contributed by atoms with van der Waals surface area (Å²) < 4.78 is 5.90. The summed E-state index contributed by atoms with van der Waals surface area (Å²) in [5.41, 5.74) is 1.35. The summed E-state index contributed by atoms with van der Waals surface area (Å²) in [7, 11) is 0. The third-order valence-electron chi connectivity index (χ3n) is 3.41. The van der Waals surface area contributed by atoms with Gasteiger partial charge in [-0.15, -0.1) is 0 Å². The molecule has 0 aliphatic carbocycles. The van der Waals surface area contributed by atoms with Crippen LogP contribution in [0.2, 0.25) is 0 Å². The normalized spacial score (nSPS) is 20.5. The second-order valence-electron chi connectivity index (χ2n) is 5.25. The summed E-state index contributed by atoms with van der Waals surface area (Å²) in [5, 5.41) is 3.42. The summed E-state index contributed by atoms with van der Waals surface area (Å²) in [6.45, 7) is 7.53. The third-order valence-corrected chi connectivity index (χ3v) is 3.41. The Labute approximate surface area is 104 Å². The van der Waals surface area contributed by atoms with Gasteiger partial charge in [0.05, 0.1) is 6.61 Å². The first-order valence-corrected chi connectivity index (χ1v) is 6.69. The quantitative estimate of drug-likeness (QED) is 0.862. The maximum Gasteiger partial charge on any atom is 0.119 e. The standard InChI is InChI=1S/C15H23NO/c1-12(2)14-6-3-7-15(9-14)17-11-13-5-4-8-16-10-13/h3,6-7,9,12-13,16H,4-5,8,10-11H2,1-2H3. The van der Waals surface area contributed by atoms with Gasteiger partial charge >= 0.3 is 0 Å². The summed E-state index contributed by atoms with van der Waals surface area (Å²) in [6.07, 6.45) is 2.57. The summed E-state index contributed by atoms with van der Waals surface area (Å²) >= 11 is 0. The molecule has 0 bridgehead atoms. The zero-order valence-electron chi connectivity index (χ0n) is 10.9. The number of rotatable bonds is 4. The van der Waals surface area contributed by atoms with Crippen LogP contribution in [0.15, 0.2) is 24.3 Å². The molecule has 0 aromatic heterocycles. The zero-order chi connectivity index (χ0) is 12.1. The lowest BCUT2D eigenvalue weighted by atomic mass is 10.0. The Balaban J connectivity index is 1.87. The largest absolute Gasteiger partial charge is 0.493 e. The van der Waals surface area contributed by atoms with E-state index >= 15 is 0 Å². The number of ether oxygens (including phenoxy) is 1. The van der Waals surface area contributed by atoms with Crippen molar-refractivity contribution >= 4 is 0 Å². The van der Waals surface area contributed by atoms with Crippen LogP contribution < -0.4 is 10.1 Å².